The summed E-state index contributed by atoms with van der Waals surface area (Å²) in [5, 5.41) is 0.539. The molecular weight excluding hydrogens is 260 g/mol. The summed E-state index contributed by atoms with van der Waals surface area (Å²) >= 11 is 5.79. The standard InChI is InChI=1S/C14H15ClN4/c1-10-16-7-12-9-19(5-4-13(12)18-10)8-11-2-3-14(15)17-6-11/h2-3,6-7H,4-5,8-9H2,1H3. The highest BCUT2D eigenvalue weighted by atomic mass is 35.5. The number of halogens is 1. The Labute approximate surface area is 117 Å². The molecule has 0 amide bonds. The van der Waals surface area contributed by atoms with Gasteiger partial charge in [0.25, 0.3) is 0 Å². The fourth-order valence-electron chi connectivity index (χ4n) is 2.37. The molecule has 2 aromatic rings. The molecule has 0 aromatic carbocycles. The van der Waals surface area contributed by atoms with Gasteiger partial charge in [0, 0.05) is 49.7 Å². The molecule has 1 aliphatic rings. The Morgan fingerprint density at radius 2 is 2.16 bits per heavy atom. The van der Waals surface area contributed by atoms with E-state index in [1.165, 1.54) is 16.8 Å². The lowest BCUT2D eigenvalue weighted by atomic mass is 10.1. The first-order chi connectivity index (χ1) is 9.20. The topological polar surface area (TPSA) is 41.9 Å². The summed E-state index contributed by atoms with van der Waals surface area (Å²) in [7, 11) is 0. The Morgan fingerprint density at radius 3 is 2.95 bits per heavy atom. The van der Waals surface area contributed by atoms with Gasteiger partial charge in [0.05, 0.1) is 0 Å². The lowest BCUT2D eigenvalue weighted by molar-refractivity contribution is 0.242. The summed E-state index contributed by atoms with van der Waals surface area (Å²) in [5.41, 5.74) is 3.61. The number of aromatic nitrogens is 3. The molecule has 2 aromatic heterocycles. The molecule has 3 heterocycles. The first-order valence-corrected chi connectivity index (χ1v) is 6.73. The Kier molecular flexibility index (Phi) is 3.44. The van der Waals surface area contributed by atoms with Crippen LogP contribution in [0, 0.1) is 6.92 Å². The van der Waals surface area contributed by atoms with Gasteiger partial charge in [0.2, 0.25) is 0 Å². The number of nitrogens with zero attached hydrogens (tertiary/aromatic N) is 4. The van der Waals surface area contributed by atoms with Crippen molar-refractivity contribution in [3.8, 4) is 0 Å². The van der Waals surface area contributed by atoms with Gasteiger partial charge in [-0.1, -0.05) is 17.7 Å². The molecule has 19 heavy (non-hydrogen) atoms. The molecule has 98 valence electrons. The third-order valence-electron chi connectivity index (χ3n) is 3.33. The average Bonchev–Trinajstić information content (AvgIpc) is 2.42. The van der Waals surface area contributed by atoms with Crippen LogP contribution < -0.4 is 0 Å². The zero-order valence-electron chi connectivity index (χ0n) is 10.8. The number of rotatable bonds is 2. The Balaban J connectivity index is 1.72. The summed E-state index contributed by atoms with van der Waals surface area (Å²) < 4.78 is 0. The molecule has 3 rings (SSSR count). The van der Waals surface area contributed by atoms with E-state index < -0.39 is 0 Å². The molecular formula is C14H15ClN4. The number of aryl methyl sites for hydroxylation is 1. The van der Waals surface area contributed by atoms with Crippen LogP contribution in [0.5, 0.6) is 0 Å². The van der Waals surface area contributed by atoms with Gasteiger partial charge in [0.15, 0.2) is 0 Å². The van der Waals surface area contributed by atoms with E-state index in [0.29, 0.717) is 5.15 Å². The van der Waals surface area contributed by atoms with Gasteiger partial charge >= 0.3 is 0 Å². The summed E-state index contributed by atoms with van der Waals surface area (Å²) in [5.74, 6) is 0.856. The summed E-state index contributed by atoms with van der Waals surface area (Å²) in [6.45, 7) is 4.74. The Hall–Kier alpha value is -1.52. The number of hydrogen-bond donors (Lipinski definition) is 0. The van der Waals surface area contributed by atoms with Gasteiger partial charge in [-0.2, -0.15) is 0 Å². The van der Waals surface area contributed by atoms with Crippen molar-refractivity contribution in [3.05, 3.63) is 52.3 Å². The Morgan fingerprint density at radius 1 is 1.26 bits per heavy atom. The molecule has 0 fully saturated rings. The van der Waals surface area contributed by atoms with E-state index in [9.17, 15) is 0 Å². The third kappa shape index (κ3) is 2.91. The minimum absolute atomic E-state index is 0.539. The molecule has 0 spiro atoms. The van der Waals surface area contributed by atoms with Gasteiger partial charge in [0.1, 0.15) is 11.0 Å². The lowest BCUT2D eigenvalue weighted by Crippen LogP contribution is -2.31. The van der Waals surface area contributed by atoms with Gasteiger partial charge < -0.3 is 0 Å². The normalized spacial score (nSPS) is 15.3. The molecule has 0 saturated carbocycles. The zero-order chi connectivity index (χ0) is 13.2. The quantitative estimate of drug-likeness (QED) is 0.789. The first-order valence-electron chi connectivity index (χ1n) is 6.35. The van der Waals surface area contributed by atoms with Gasteiger partial charge in [-0.15, -0.1) is 0 Å². The minimum Gasteiger partial charge on any atom is -0.294 e. The van der Waals surface area contributed by atoms with Crippen molar-refractivity contribution < 1.29 is 0 Å². The maximum atomic E-state index is 5.79. The number of fused-ring (bicyclic) bond motifs is 1. The average molecular weight is 275 g/mol. The second-order valence-electron chi connectivity index (χ2n) is 4.84. The van der Waals surface area contributed by atoms with E-state index >= 15 is 0 Å². The van der Waals surface area contributed by atoms with E-state index in [0.717, 1.165) is 31.9 Å². The zero-order valence-corrected chi connectivity index (χ0v) is 11.6. The molecule has 0 radical (unpaired) electrons. The lowest BCUT2D eigenvalue weighted by Gasteiger charge is -2.27. The SMILES string of the molecule is Cc1ncc2c(n1)CCN(Cc1ccc(Cl)nc1)C2. The molecule has 0 N–H and O–H groups in total. The number of pyridine rings is 1. The largest absolute Gasteiger partial charge is 0.294 e. The van der Waals surface area contributed by atoms with Crippen LogP contribution >= 0.6 is 11.6 Å². The highest BCUT2D eigenvalue weighted by Gasteiger charge is 2.17. The van der Waals surface area contributed by atoms with E-state index in [-0.39, 0.29) is 0 Å². The summed E-state index contributed by atoms with van der Waals surface area (Å²) in [6.07, 6.45) is 4.77. The highest BCUT2D eigenvalue weighted by Crippen LogP contribution is 2.18. The van der Waals surface area contributed by atoms with Crippen LogP contribution in [0.3, 0.4) is 0 Å². The van der Waals surface area contributed by atoms with Crippen molar-refractivity contribution >= 4 is 11.6 Å². The minimum atomic E-state index is 0.539. The predicted molar refractivity (Wildman–Crippen MR) is 73.8 cm³/mol. The van der Waals surface area contributed by atoms with Crippen LogP contribution in [0.1, 0.15) is 22.6 Å². The third-order valence-corrected chi connectivity index (χ3v) is 3.55. The van der Waals surface area contributed by atoms with Crippen molar-refractivity contribution in [2.24, 2.45) is 0 Å². The van der Waals surface area contributed by atoms with E-state index in [1.807, 2.05) is 31.5 Å². The Bertz CT molecular complexity index is 582. The van der Waals surface area contributed by atoms with Crippen LogP contribution in [-0.4, -0.2) is 26.4 Å². The fourth-order valence-corrected chi connectivity index (χ4v) is 2.48. The fraction of sp³-hybridized carbons (Fsp3) is 0.357. The van der Waals surface area contributed by atoms with Crippen molar-refractivity contribution in [1.82, 2.24) is 19.9 Å². The molecule has 4 nitrogen and oxygen atoms in total. The van der Waals surface area contributed by atoms with Crippen LogP contribution in [0.15, 0.2) is 24.5 Å². The van der Waals surface area contributed by atoms with E-state index in [4.69, 9.17) is 11.6 Å². The molecule has 0 aliphatic carbocycles. The van der Waals surface area contributed by atoms with Crippen molar-refractivity contribution in [3.63, 3.8) is 0 Å². The van der Waals surface area contributed by atoms with Gasteiger partial charge in [-0.25, -0.2) is 15.0 Å². The van der Waals surface area contributed by atoms with E-state index in [1.54, 1.807) is 0 Å². The molecule has 0 unspecified atom stereocenters. The van der Waals surface area contributed by atoms with Crippen LogP contribution in [0.25, 0.3) is 0 Å². The van der Waals surface area contributed by atoms with Crippen LogP contribution in [-0.2, 0) is 19.5 Å². The van der Waals surface area contributed by atoms with Crippen molar-refractivity contribution in [1.29, 1.82) is 0 Å². The second-order valence-corrected chi connectivity index (χ2v) is 5.23. The number of hydrogen-bond acceptors (Lipinski definition) is 4. The highest BCUT2D eigenvalue weighted by molar-refractivity contribution is 6.29. The van der Waals surface area contributed by atoms with Gasteiger partial charge in [-0.3, -0.25) is 4.90 Å². The maximum Gasteiger partial charge on any atom is 0.129 e. The van der Waals surface area contributed by atoms with Crippen LogP contribution in [0.2, 0.25) is 5.15 Å². The molecule has 0 bridgehead atoms. The molecule has 0 saturated heterocycles. The molecule has 1 aliphatic heterocycles. The smallest absolute Gasteiger partial charge is 0.129 e. The maximum absolute atomic E-state index is 5.79. The van der Waals surface area contributed by atoms with Crippen LogP contribution in [0.4, 0.5) is 0 Å². The summed E-state index contributed by atoms with van der Waals surface area (Å²) in [4.78, 5) is 15.3. The predicted octanol–water partition coefficient (Wildman–Crippen LogP) is 2.39. The monoisotopic (exact) mass is 274 g/mol. The summed E-state index contributed by atoms with van der Waals surface area (Å²) in [6, 6.07) is 3.86. The molecule has 5 heteroatoms. The molecule has 0 atom stereocenters. The van der Waals surface area contributed by atoms with Crippen molar-refractivity contribution in [2.75, 3.05) is 6.54 Å². The van der Waals surface area contributed by atoms with E-state index in [2.05, 4.69) is 19.9 Å². The van der Waals surface area contributed by atoms with Crippen molar-refractivity contribution in [2.45, 2.75) is 26.4 Å². The second kappa shape index (κ2) is 5.23. The van der Waals surface area contributed by atoms with Gasteiger partial charge in [-0.05, 0) is 18.6 Å². The first kappa shape index (κ1) is 12.5.